The minimum Gasteiger partial charge on any atom is -0.493 e. The summed E-state index contributed by atoms with van der Waals surface area (Å²) in [5, 5.41) is 2.12. The van der Waals surface area contributed by atoms with Crippen molar-refractivity contribution in [3.05, 3.63) is 40.3 Å². The quantitative estimate of drug-likeness (QED) is 0.850. The van der Waals surface area contributed by atoms with E-state index in [4.69, 9.17) is 9.47 Å². The maximum Gasteiger partial charge on any atom is 0.164 e. The number of methoxy groups -OCH3 is 2. The standard InChI is InChI=1S/C16H20N2O2S/c1-19-15-5-3-4-14(16(15)20-2)12-6-7-18(8-12)9-13-10-21-11-17-13/h3-5,10-12H,6-9H2,1-2H3. The number of thiazole rings is 1. The second-order valence-corrected chi connectivity index (χ2v) is 6.00. The topological polar surface area (TPSA) is 34.6 Å². The van der Waals surface area contributed by atoms with Crippen LogP contribution in [0.25, 0.3) is 0 Å². The number of ether oxygens (including phenoxy) is 2. The normalized spacial score (nSPS) is 18.9. The molecule has 1 aliphatic rings. The van der Waals surface area contributed by atoms with E-state index in [1.165, 1.54) is 11.3 Å². The molecule has 4 nitrogen and oxygen atoms in total. The van der Waals surface area contributed by atoms with Gasteiger partial charge in [0, 0.05) is 30.0 Å². The summed E-state index contributed by atoms with van der Waals surface area (Å²) >= 11 is 1.66. The summed E-state index contributed by atoms with van der Waals surface area (Å²) in [6.07, 6.45) is 1.15. The van der Waals surface area contributed by atoms with Gasteiger partial charge in [-0.15, -0.1) is 11.3 Å². The molecule has 1 atom stereocenters. The van der Waals surface area contributed by atoms with E-state index in [0.717, 1.165) is 37.6 Å². The molecule has 3 rings (SSSR count). The molecule has 5 heteroatoms. The Morgan fingerprint density at radius 2 is 2.24 bits per heavy atom. The lowest BCUT2D eigenvalue weighted by Crippen LogP contribution is -2.20. The van der Waals surface area contributed by atoms with E-state index in [9.17, 15) is 0 Å². The van der Waals surface area contributed by atoms with Crippen LogP contribution in [0.3, 0.4) is 0 Å². The van der Waals surface area contributed by atoms with Gasteiger partial charge in [0.2, 0.25) is 0 Å². The molecule has 0 spiro atoms. The number of aromatic nitrogens is 1. The summed E-state index contributed by atoms with van der Waals surface area (Å²) in [4.78, 5) is 6.83. The first-order valence-corrected chi connectivity index (χ1v) is 8.06. The summed E-state index contributed by atoms with van der Waals surface area (Å²) in [6, 6.07) is 6.14. The Hall–Kier alpha value is -1.59. The molecule has 0 N–H and O–H groups in total. The highest BCUT2D eigenvalue weighted by Gasteiger charge is 2.27. The molecule has 1 aromatic carbocycles. The molecule has 21 heavy (non-hydrogen) atoms. The Balaban J connectivity index is 1.74. The zero-order chi connectivity index (χ0) is 14.7. The fourth-order valence-corrected chi connectivity index (χ4v) is 3.56. The van der Waals surface area contributed by atoms with Gasteiger partial charge in [-0.05, 0) is 19.0 Å². The van der Waals surface area contributed by atoms with Gasteiger partial charge >= 0.3 is 0 Å². The molecule has 2 heterocycles. The Morgan fingerprint density at radius 3 is 2.95 bits per heavy atom. The molecule has 1 aromatic heterocycles. The number of hydrogen-bond acceptors (Lipinski definition) is 5. The second-order valence-electron chi connectivity index (χ2n) is 5.28. The lowest BCUT2D eigenvalue weighted by atomic mass is 9.97. The molecule has 0 bridgehead atoms. The molecule has 2 aromatic rings. The Labute approximate surface area is 129 Å². The monoisotopic (exact) mass is 304 g/mol. The van der Waals surface area contributed by atoms with Gasteiger partial charge in [0.1, 0.15) is 0 Å². The minimum atomic E-state index is 0.494. The number of para-hydroxylation sites is 1. The average Bonchev–Trinajstić information content (AvgIpc) is 3.18. The van der Waals surface area contributed by atoms with Crippen LogP contribution in [0, 0.1) is 0 Å². The third kappa shape index (κ3) is 3.04. The fourth-order valence-electron chi connectivity index (χ4n) is 3.01. The minimum absolute atomic E-state index is 0.494. The summed E-state index contributed by atoms with van der Waals surface area (Å²) in [6.45, 7) is 3.08. The van der Waals surface area contributed by atoms with E-state index in [1.807, 2.05) is 17.6 Å². The first kappa shape index (κ1) is 14.4. The molecular formula is C16H20N2O2S. The predicted octanol–water partition coefficient (Wildman–Crippen LogP) is 3.15. The van der Waals surface area contributed by atoms with Crippen LogP contribution >= 0.6 is 11.3 Å². The van der Waals surface area contributed by atoms with E-state index in [-0.39, 0.29) is 0 Å². The van der Waals surface area contributed by atoms with E-state index >= 15 is 0 Å². The molecule has 1 aliphatic heterocycles. The smallest absolute Gasteiger partial charge is 0.164 e. The van der Waals surface area contributed by atoms with Gasteiger partial charge in [-0.2, -0.15) is 0 Å². The number of hydrogen-bond donors (Lipinski definition) is 0. The van der Waals surface area contributed by atoms with Crippen molar-refractivity contribution >= 4 is 11.3 Å². The van der Waals surface area contributed by atoms with Crippen LogP contribution in [0.15, 0.2) is 29.1 Å². The molecule has 112 valence electrons. The highest BCUT2D eigenvalue weighted by Crippen LogP contribution is 2.39. The van der Waals surface area contributed by atoms with Gasteiger partial charge < -0.3 is 9.47 Å². The summed E-state index contributed by atoms with van der Waals surface area (Å²) in [7, 11) is 3.40. The highest BCUT2D eigenvalue weighted by molar-refractivity contribution is 7.07. The summed E-state index contributed by atoms with van der Waals surface area (Å²) in [5.74, 6) is 2.18. The lowest BCUT2D eigenvalue weighted by Gasteiger charge is -2.18. The second kappa shape index (κ2) is 6.45. The average molecular weight is 304 g/mol. The van der Waals surface area contributed by atoms with Crippen LogP contribution < -0.4 is 9.47 Å². The third-order valence-electron chi connectivity index (χ3n) is 4.01. The maximum absolute atomic E-state index is 5.57. The van der Waals surface area contributed by atoms with Gasteiger partial charge in [-0.1, -0.05) is 12.1 Å². The number of likely N-dealkylation sites (tertiary alicyclic amines) is 1. The number of benzene rings is 1. The van der Waals surface area contributed by atoms with Crippen LogP contribution in [-0.4, -0.2) is 37.2 Å². The van der Waals surface area contributed by atoms with Gasteiger partial charge in [-0.3, -0.25) is 4.90 Å². The Morgan fingerprint density at radius 1 is 1.33 bits per heavy atom. The molecular weight excluding hydrogens is 284 g/mol. The van der Waals surface area contributed by atoms with Crippen molar-refractivity contribution < 1.29 is 9.47 Å². The molecule has 0 amide bonds. The molecule has 1 fully saturated rings. The van der Waals surface area contributed by atoms with Crippen molar-refractivity contribution in [3.8, 4) is 11.5 Å². The molecule has 0 aliphatic carbocycles. The molecule has 0 radical (unpaired) electrons. The molecule has 0 saturated carbocycles. The van der Waals surface area contributed by atoms with Crippen LogP contribution in [0.5, 0.6) is 11.5 Å². The lowest BCUT2D eigenvalue weighted by molar-refractivity contribution is 0.320. The molecule has 1 unspecified atom stereocenters. The fraction of sp³-hybridized carbons (Fsp3) is 0.438. The first-order chi connectivity index (χ1) is 10.3. The zero-order valence-electron chi connectivity index (χ0n) is 12.4. The SMILES string of the molecule is COc1cccc(C2CCN(Cc3cscn3)C2)c1OC. The van der Waals surface area contributed by atoms with Crippen molar-refractivity contribution in [1.29, 1.82) is 0 Å². The summed E-state index contributed by atoms with van der Waals surface area (Å²) < 4.78 is 11.0. The van der Waals surface area contributed by atoms with E-state index in [0.29, 0.717) is 5.92 Å². The van der Waals surface area contributed by atoms with Gasteiger partial charge in [0.05, 0.1) is 25.4 Å². The van der Waals surface area contributed by atoms with E-state index in [1.54, 1.807) is 25.6 Å². The van der Waals surface area contributed by atoms with Crippen molar-refractivity contribution in [2.75, 3.05) is 27.3 Å². The van der Waals surface area contributed by atoms with Crippen LogP contribution in [-0.2, 0) is 6.54 Å². The van der Waals surface area contributed by atoms with Gasteiger partial charge in [-0.25, -0.2) is 4.98 Å². The summed E-state index contributed by atoms with van der Waals surface area (Å²) in [5.41, 5.74) is 4.31. The first-order valence-electron chi connectivity index (χ1n) is 7.12. The zero-order valence-corrected chi connectivity index (χ0v) is 13.2. The highest BCUT2D eigenvalue weighted by atomic mass is 32.1. The number of rotatable bonds is 5. The van der Waals surface area contributed by atoms with Crippen molar-refractivity contribution in [2.45, 2.75) is 18.9 Å². The van der Waals surface area contributed by atoms with Crippen molar-refractivity contribution in [3.63, 3.8) is 0 Å². The Kier molecular flexibility index (Phi) is 4.41. The Bertz CT molecular complexity index is 586. The van der Waals surface area contributed by atoms with Gasteiger partial charge in [0.25, 0.3) is 0 Å². The van der Waals surface area contributed by atoms with E-state index in [2.05, 4.69) is 21.3 Å². The van der Waals surface area contributed by atoms with Crippen LogP contribution in [0.4, 0.5) is 0 Å². The largest absolute Gasteiger partial charge is 0.493 e. The number of nitrogens with zero attached hydrogens (tertiary/aromatic N) is 2. The predicted molar refractivity (Wildman–Crippen MR) is 84.3 cm³/mol. The van der Waals surface area contributed by atoms with Crippen molar-refractivity contribution in [2.24, 2.45) is 0 Å². The third-order valence-corrected chi connectivity index (χ3v) is 4.65. The van der Waals surface area contributed by atoms with Crippen LogP contribution in [0.2, 0.25) is 0 Å². The molecule has 1 saturated heterocycles. The van der Waals surface area contributed by atoms with Crippen molar-refractivity contribution in [1.82, 2.24) is 9.88 Å². The van der Waals surface area contributed by atoms with Crippen LogP contribution in [0.1, 0.15) is 23.6 Å². The maximum atomic E-state index is 5.57. The van der Waals surface area contributed by atoms with Gasteiger partial charge in [0.15, 0.2) is 11.5 Å². The van der Waals surface area contributed by atoms with E-state index < -0.39 is 0 Å².